The summed E-state index contributed by atoms with van der Waals surface area (Å²) >= 11 is 5.65. The van der Waals surface area contributed by atoms with E-state index >= 15 is 0 Å². The predicted octanol–water partition coefficient (Wildman–Crippen LogP) is 2.50. The van der Waals surface area contributed by atoms with Crippen molar-refractivity contribution in [2.75, 3.05) is 17.3 Å². The Morgan fingerprint density at radius 2 is 1.97 bits per heavy atom. The fourth-order valence-corrected chi connectivity index (χ4v) is 3.64. The summed E-state index contributed by atoms with van der Waals surface area (Å²) in [5.41, 5.74) is -5.23. The van der Waals surface area contributed by atoms with Crippen LogP contribution in [0.4, 0.5) is 18.9 Å². The van der Waals surface area contributed by atoms with Crippen molar-refractivity contribution < 1.29 is 31.5 Å². The highest BCUT2D eigenvalue weighted by Gasteiger charge is 2.42. The number of benzene rings is 1. The van der Waals surface area contributed by atoms with Gasteiger partial charge in [-0.2, -0.15) is 18.4 Å². The highest BCUT2D eigenvalue weighted by molar-refractivity contribution is 7.90. The molecule has 0 saturated carbocycles. The summed E-state index contributed by atoms with van der Waals surface area (Å²) in [6.45, 7) is 0. The van der Waals surface area contributed by atoms with E-state index in [1.807, 2.05) is 0 Å². The van der Waals surface area contributed by atoms with Crippen molar-refractivity contribution in [3.05, 3.63) is 58.4 Å². The van der Waals surface area contributed by atoms with Gasteiger partial charge < -0.3 is 10.4 Å². The summed E-state index contributed by atoms with van der Waals surface area (Å²) in [5, 5.41) is 21.7. The molecule has 1 atom stereocenters. The number of aliphatic hydroxyl groups is 1. The van der Waals surface area contributed by atoms with E-state index in [0.29, 0.717) is 6.07 Å². The lowest BCUT2D eigenvalue weighted by molar-refractivity contribution is -0.138. The maximum absolute atomic E-state index is 13.1. The largest absolute Gasteiger partial charge is 0.417 e. The number of anilines is 1. The first-order valence-corrected chi connectivity index (χ1v) is 10.1. The van der Waals surface area contributed by atoms with E-state index in [4.69, 9.17) is 16.9 Å². The molecule has 1 aromatic heterocycles. The van der Waals surface area contributed by atoms with Gasteiger partial charge in [-0.1, -0.05) is 17.7 Å². The molecule has 1 heterocycles. The van der Waals surface area contributed by atoms with Gasteiger partial charge in [0.05, 0.1) is 22.9 Å². The van der Waals surface area contributed by atoms with Crippen LogP contribution in [-0.2, 0) is 26.4 Å². The Balaban J connectivity index is 2.48. The van der Waals surface area contributed by atoms with Crippen LogP contribution in [0.5, 0.6) is 0 Å². The first-order chi connectivity index (χ1) is 13.3. The minimum absolute atomic E-state index is 0.0118. The molecule has 0 bridgehead atoms. The van der Waals surface area contributed by atoms with Gasteiger partial charge in [0.25, 0.3) is 5.91 Å². The molecule has 1 aromatic carbocycles. The number of nitrogens with one attached hydrogen (secondary N) is 1. The lowest BCUT2D eigenvalue weighted by atomic mass is 9.96. The zero-order valence-corrected chi connectivity index (χ0v) is 16.2. The lowest BCUT2D eigenvalue weighted by Crippen LogP contribution is -2.45. The Kier molecular flexibility index (Phi) is 6.22. The monoisotopic (exact) mass is 447 g/mol. The van der Waals surface area contributed by atoms with Crippen molar-refractivity contribution in [1.82, 2.24) is 4.98 Å². The van der Waals surface area contributed by atoms with Gasteiger partial charge in [0.2, 0.25) is 0 Å². The predicted molar refractivity (Wildman–Crippen MR) is 97.6 cm³/mol. The third-order valence-electron chi connectivity index (χ3n) is 3.75. The molecule has 2 rings (SSSR count). The SMILES string of the molecule is CS(=O)(=O)CC(O)(C(=O)Nc1ccc(C#N)c(C(F)(F)F)c1)c1ccc(Cl)nc1. The molecule has 0 saturated heterocycles. The molecule has 2 aromatic rings. The molecule has 1 amide bonds. The smallest absolute Gasteiger partial charge is 0.374 e. The van der Waals surface area contributed by atoms with E-state index in [1.54, 1.807) is 0 Å². The number of hydrogen-bond donors (Lipinski definition) is 2. The van der Waals surface area contributed by atoms with Crippen LogP contribution < -0.4 is 5.32 Å². The molecule has 29 heavy (non-hydrogen) atoms. The van der Waals surface area contributed by atoms with E-state index in [9.17, 15) is 31.5 Å². The van der Waals surface area contributed by atoms with Gasteiger partial charge in [0, 0.05) is 23.7 Å². The van der Waals surface area contributed by atoms with Crippen LogP contribution in [0, 0.1) is 11.3 Å². The molecule has 1 unspecified atom stereocenters. The summed E-state index contributed by atoms with van der Waals surface area (Å²) in [6.07, 6.45) is -3.11. The van der Waals surface area contributed by atoms with Crippen molar-refractivity contribution in [2.24, 2.45) is 0 Å². The zero-order valence-electron chi connectivity index (χ0n) is 14.7. The van der Waals surface area contributed by atoms with Gasteiger partial charge in [0.15, 0.2) is 15.4 Å². The number of alkyl halides is 3. The molecule has 0 aliphatic rings. The Labute approximate surface area is 168 Å². The van der Waals surface area contributed by atoms with Crippen LogP contribution in [0.2, 0.25) is 5.15 Å². The first kappa shape index (κ1) is 22.6. The highest BCUT2D eigenvalue weighted by atomic mass is 35.5. The van der Waals surface area contributed by atoms with Gasteiger partial charge >= 0.3 is 6.18 Å². The topological polar surface area (TPSA) is 120 Å². The Hall–Kier alpha value is -2.68. The first-order valence-electron chi connectivity index (χ1n) is 7.71. The Morgan fingerprint density at radius 1 is 1.31 bits per heavy atom. The van der Waals surface area contributed by atoms with Crippen LogP contribution in [0.3, 0.4) is 0 Å². The number of amides is 1. The molecule has 0 aliphatic heterocycles. The molecular weight excluding hydrogens is 435 g/mol. The number of carbonyl (C=O) groups is 1. The summed E-state index contributed by atoms with van der Waals surface area (Å²) in [6, 6.07) is 6.15. The number of nitrogens with zero attached hydrogens (tertiary/aromatic N) is 2. The second-order valence-electron chi connectivity index (χ2n) is 6.12. The quantitative estimate of drug-likeness (QED) is 0.679. The summed E-state index contributed by atoms with van der Waals surface area (Å²) in [5.74, 6) is -2.36. The van der Waals surface area contributed by atoms with E-state index in [1.165, 1.54) is 18.2 Å². The molecule has 0 radical (unpaired) electrons. The van der Waals surface area contributed by atoms with Gasteiger partial charge in [-0.25, -0.2) is 13.4 Å². The number of aromatic nitrogens is 1. The zero-order chi connectivity index (χ0) is 22.0. The standard InChI is InChI=1S/C17H13ClF3N3O4S/c1-29(27,28)9-16(26,11-3-5-14(18)23-8-11)15(25)24-12-4-2-10(7-22)13(6-12)17(19,20)21/h2-6,8,26H,9H2,1H3,(H,24,25). The lowest BCUT2D eigenvalue weighted by Gasteiger charge is -2.26. The number of hydrogen-bond acceptors (Lipinski definition) is 6. The number of halogens is 4. The third-order valence-corrected chi connectivity index (χ3v) is 4.92. The molecule has 0 fully saturated rings. The van der Waals surface area contributed by atoms with Crippen molar-refractivity contribution in [3.8, 4) is 6.07 Å². The maximum Gasteiger partial charge on any atom is 0.417 e. The van der Waals surface area contributed by atoms with Gasteiger partial charge in [-0.05, 0) is 24.3 Å². The number of rotatable bonds is 5. The number of pyridine rings is 1. The van der Waals surface area contributed by atoms with E-state index in [-0.39, 0.29) is 10.7 Å². The fourth-order valence-electron chi connectivity index (χ4n) is 2.47. The maximum atomic E-state index is 13.1. The van der Waals surface area contributed by atoms with E-state index in [0.717, 1.165) is 24.6 Å². The summed E-state index contributed by atoms with van der Waals surface area (Å²) in [4.78, 5) is 16.4. The summed E-state index contributed by atoms with van der Waals surface area (Å²) < 4.78 is 62.8. The van der Waals surface area contributed by atoms with Crippen LogP contribution in [0.25, 0.3) is 0 Å². The minimum atomic E-state index is -4.87. The number of sulfone groups is 1. The Bertz CT molecular complexity index is 1080. The van der Waals surface area contributed by atoms with Crippen LogP contribution >= 0.6 is 11.6 Å². The van der Waals surface area contributed by atoms with Crippen molar-refractivity contribution >= 4 is 33.0 Å². The molecular formula is C17H13ClF3N3O4S. The molecule has 0 aliphatic carbocycles. The minimum Gasteiger partial charge on any atom is -0.374 e. The fraction of sp³-hybridized carbons (Fsp3) is 0.235. The summed E-state index contributed by atoms with van der Waals surface area (Å²) in [7, 11) is -3.91. The normalized spacial score (nSPS) is 14.0. The van der Waals surface area contributed by atoms with E-state index < -0.39 is 50.1 Å². The van der Waals surface area contributed by atoms with Crippen LogP contribution in [-0.4, -0.2) is 36.4 Å². The molecule has 154 valence electrons. The molecule has 12 heteroatoms. The van der Waals surface area contributed by atoms with Gasteiger partial charge in [0.1, 0.15) is 5.15 Å². The van der Waals surface area contributed by atoms with Crippen molar-refractivity contribution in [1.29, 1.82) is 5.26 Å². The van der Waals surface area contributed by atoms with Crippen LogP contribution in [0.15, 0.2) is 36.5 Å². The van der Waals surface area contributed by atoms with Crippen LogP contribution in [0.1, 0.15) is 16.7 Å². The molecule has 7 nitrogen and oxygen atoms in total. The number of nitriles is 1. The second-order valence-corrected chi connectivity index (χ2v) is 8.65. The molecule has 0 spiro atoms. The Morgan fingerprint density at radius 3 is 2.45 bits per heavy atom. The number of carbonyl (C=O) groups excluding carboxylic acids is 1. The van der Waals surface area contributed by atoms with Crippen molar-refractivity contribution in [2.45, 2.75) is 11.8 Å². The van der Waals surface area contributed by atoms with Crippen molar-refractivity contribution in [3.63, 3.8) is 0 Å². The average molecular weight is 448 g/mol. The van der Waals surface area contributed by atoms with E-state index in [2.05, 4.69) is 10.3 Å². The molecule has 2 N–H and O–H groups in total. The highest BCUT2D eigenvalue weighted by Crippen LogP contribution is 2.34. The van der Waals surface area contributed by atoms with Gasteiger partial charge in [-0.3, -0.25) is 4.79 Å². The van der Waals surface area contributed by atoms with Gasteiger partial charge in [-0.15, -0.1) is 0 Å². The second kappa shape index (κ2) is 7.98. The average Bonchev–Trinajstić information content (AvgIpc) is 2.59. The third kappa shape index (κ3) is 5.44.